The van der Waals surface area contributed by atoms with Gasteiger partial charge in [0.05, 0.1) is 11.7 Å². The highest BCUT2D eigenvalue weighted by Crippen LogP contribution is 2.26. The Kier molecular flexibility index (Phi) is 4.44. The van der Waals surface area contributed by atoms with Crippen molar-refractivity contribution >= 4 is 15.7 Å². The normalized spacial score (nSPS) is 16.1. The van der Waals surface area contributed by atoms with Crippen LogP contribution >= 0.6 is 0 Å². The molecule has 1 aromatic carbocycles. The highest BCUT2D eigenvalue weighted by Gasteiger charge is 2.26. The molecule has 0 atom stereocenters. The Bertz CT molecular complexity index is 526. The highest BCUT2D eigenvalue weighted by atomic mass is 32.2. The molecule has 5 nitrogen and oxygen atoms in total. The fourth-order valence-electron chi connectivity index (χ4n) is 2.03. The van der Waals surface area contributed by atoms with Gasteiger partial charge in [0.2, 0.25) is 10.0 Å². The summed E-state index contributed by atoms with van der Waals surface area (Å²) in [6.45, 7) is 4.20. The molecule has 1 saturated heterocycles. The minimum absolute atomic E-state index is 0.359. The van der Waals surface area contributed by atoms with Gasteiger partial charge in [-0.2, -0.15) is 0 Å². The molecule has 1 fully saturated rings. The molecule has 106 valence electrons. The quantitative estimate of drug-likeness (QED) is 0.810. The molecule has 0 aliphatic carbocycles. The van der Waals surface area contributed by atoms with Gasteiger partial charge in [0.25, 0.3) is 0 Å². The topological polar surface area (TPSA) is 61.4 Å². The number of anilines is 1. The maximum absolute atomic E-state index is 12.3. The van der Waals surface area contributed by atoms with Crippen molar-refractivity contribution in [3.8, 4) is 0 Å². The standard InChI is InChI=1S/C13H21N3O2S/c1-3-8-15-19(17,18)13-7-5-4-6-12(13)16(2)11-9-14-10-11/h4-7,11,14-15H,3,8-10H2,1-2H3. The maximum Gasteiger partial charge on any atom is 0.242 e. The Labute approximate surface area is 115 Å². The van der Waals surface area contributed by atoms with Gasteiger partial charge in [-0.15, -0.1) is 0 Å². The average Bonchev–Trinajstić information content (AvgIpc) is 2.34. The van der Waals surface area contributed by atoms with Gasteiger partial charge in [0.1, 0.15) is 4.90 Å². The maximum atomic E-state index is 12.3. The Hall–Kier alpha value is -1.11. The van der Waals surface area contributed by atoms with Crippen LogP contribution in [-0.4, -0.2) is 41.1 Å². The first-order chi connectivity index (χ1) is 9.06. The van der Waals surface area contributed by atoms with Gasteiger partial charge in [0.15, 0.2) is 0 Å². The van der Waals surface area contributed by atoms with Crippen LogP contribution in [0.25, 0.3) is 0 Å². The van der Waals surface area contributed by atoms with Gasteiger partial charge in [-0.25, -0.2) is 13.1 Å². The fourth-order valence-corrected chi connectivity index (χ4v) is 3.41. The van der Waals surface area contributed by atoms with E-state index in [1.807, 2.05) is 31.0 Å². The molecular weight excluding hydrogens is 262 g/mol. The summed E-state index contributed by atoms with van der Waals surface area (Å²) in [5.74, 6) is 0. The van der Waals surface area contributed by atoms with Gasteiger partial charge in [-0.1, -0.05) is 19.1 Å². The first-order valence-electron chi connectivity index (χ1n) is 6.58. The van der Waals surface area contributed by atoms with E-state index in [1.165, 1.54) is 0 Å². The molecule has 2 N–H and O–H groups in total. The number of para-hydroxylation sites is 1. The van der Waals surface area contributed by atoms with Crippen LogP contribution in [-0.2, 0) is 10.0 Å². The zero-order valence-corrected chi connectivity index (χ0v) is 12.2. The zero-order valence-electron chi connectivity index (χ0n) is 11.4. The number of nitrogens with one attached hydrogen (secondary N) is 2. The van der Waals surface area contributed by atoms with E-state index >= 15 is 0 Å². The molecule has 0 aromatic heterocycles. The molecule has 2 rings (SSSR count). The molecule has 6 heteroatoms. The van der Waals surface area contributed by atoms with Crippen molar-refractivity contribution in [2.24, 2.45) is 0 Å². The molecule has 19 heavy (non-hydrogen) atoms. The lowest BCUT2D eigenvalue weighted by molar-refractivity contribution is 0.427. The van der Waals surface area contributed by atoms with Gasteiger partial charge in [-0.3, -0.25) is 0 Å². The summed E-state index contributed by atoms with van der Waals surface area (Å²) in [6.07, 6.45) is 0.782. The van der Waals surface area contributed by atoms with Crippen LogP contribution in [0.4, 0.5) is 5.69 Å². The third-order valence-corrected chi connectivity index (χ3v) is 4.89. The van der Waals surface area contributed by atoms with E-state index in [1.54, 1.807) is 12.1 Å². The summed E-state index contributed by atoms with van der Waals surface area (Å²) in [7, 11) is -1.48. The van der Waals surface area contributed by atoms with Crippen LogP contribution in [0, 0.1) is 0 Å². The number of sulfonamides is 1. The average molecular weight is 283 g/mol. The predicted octanol–water partition coefficient (Wildman–Crippen LogP) is 0.783. The van der Waals surface area contributed by atoms with Gasteiger partial charge in [-0.05, 0) is 18.6 Å². The second-order valence-electron chi connectivity index (χ2n) is 4.79. The Balaban J connectivity index is 2.29. The molecule has 1 aromatic rings. The number of rotatable bonds is 6. The summed E-state index contributed by atoms with van der Waals surface area (Å²) in [4.78, 5) is 2.40. The van der Waals surface area contributed by atoms with E-state index in [9.17, 15) is 8.42 Å². The van der Waals surface area contributed by atoms with Crippen LogP contribution in [0.1, 0.15) is 13.3 Å². The summed E-state index contributed by atoms with van der Waals surface area (Å²) in [5.41, 5.74) is 0.762. The van der Waals surface area contributed by atoms with Gasteiger partial charge >= 0.3 is 0 Å². The molecule has 0 bridgehead atoms. The number of hydrogen-bond donors (Lipinski definition) is 2. The Morgan fingerprint density at radius 3 is 2.63 bits per heavy atom. The monoisotopic (exact) mass is 283 g/mol. The smallest absolute Gasteiger partial charge is 0.242 e. The van der Waals surface area contributed by atoms with Crippen LogP contribution in [0.15, 0.2) is 29.2 Å². The van der Waals surface area contributed by atoms with Crippen molar-refractivity contribution in [2.75, 3.05) is 31.6 Å². The summed E-state index contributed by atoms with van der Waals surface area (Å²) >= 11 is 0. The van der Waals surface area contributed by atoms with E-state index in [-0.39, 0.29) is 0 Å². The molecule has 0 spiro atoms. The third-order valence-electron chi connectivity index (χ3n) is 3.38. The Morgan fingerprint density at radius 2 is 2.05 bits per heavy atom. The second kappa shape index (κ2) is 5.90. The molecule has 1 aliphatic rings. The summed E-state index contributed by atoms with van der Waals surface area (Å²) in [5, 5.41) is 3.20. The lowest BCUT2D eigenvalue weighted by Gasteiger charge is -2.37. The summed E-state index contributed by atoms with van der Waals surface area (Å²) < 4.78 is 27.2. The Morgan fingerprint density at radius 1 is 1.37 bits per heavy atom. The molecule has 1 heterocycles. The van der Waals surface area contributed by atoms with Crippen molar-refractivity contribution in [1.29, 1.82) is 0 Å². The van der Waals surface area contributed by atoms with E-state index < -0.39 is 10.0 Å². The number of benzene rings is 1. The largest absolute Gasteiger partial charge is 0.368 e. The SMILES string of the molecule is CCCNS(=O)(=O)c1ccccc1N(C)C1CNC1. The van der Waals surface area contributed by atoms with Crippen molar-refractivity contribution in [1.82, 2.24) is 10.0 Å². The van der Waals surface area contributed by atoms with Crippen molar-refractivity contribution in [3.05, 3.63) is 24.3 Å². The molecule has 0 saturated carbocycles. The highest BCUT2D eigenvalue weighted by molar-refractivity contribution is 7.89. The zero-order chi connectivity index (χ0) is 13.9. The molecule has 0 radical (unpaired) electrons. The predicted molar refractivity (Wildman–Crippen MR) is 77.0 cm³/mol. The van der Waals surface area contributed by atoms with E-state index in [0.717, 1.165) is 25.2 Å². The third kappa shape index (κ3) is 3.08. The number of likely N-dealkylation sites (N-methyl/N-ethyl adjacent to an activating group) is 1. The van der Waals surface area contributed by atoms with Crippen molar-refractivity contribution in [2.45, 2.75) is 24.3 Å². The number of hydrogen-bond acceptors (Lipinski definition) is 4. The second-order valence-corrected chi connectivity index (χ2v) is 6.52. The fraction of sp³-hybridized carbons (Fsp3) is 0.538. The molecule has 0 amide bonds. The minimum atomic E-state index is -3.43. The van der Waals surface area contributed by atoms with E-state index in [0.29, 0.717) is 17.5 Å². The van der Waals surface area contributed by atoms with Crippen LogP contribution in [0.2, 0.25) is 0 Å². The van der Waals surface area contributed by atoms with Crippen LogP contribution in [0.3, 0.4) is 0 Å². The van der Waals surface area contributed by atoms with E-state index in [4.69, 9.17) is 0 Å². The van der Waals surface area contributed by atoms with Crippen molar-refractivity contribution in [3.63, 3.8) is 0 Å². The van der Waals surface area contributed by atoms with Crippen LogP contribution in [0.5, 0.6) is 0 Å². The first kappa shape index (κ1) is 14.3. The molecular formula is C13H21N3O2S. The van der Waals surface area contributed by atoms with Crippen molar-refractivity contribution < 1.29 is 8.42 Å². The minimum Gasteiger partial charge on any atom is -0.368 e. The number of nitrogens with zero attached hydrogens (tertiary/aromatic N) is 1. The lowest BCUT2D eigenvalue weighted by Crippen LogP contribution is -2.56. The summed E-state index contributed by atoms with van der Waals surface area (Å²) in [6, 6.07) is 7.52. The van der Waals surface area contributed by atoms with E-state index in [2.05, 4.69) is 10.0 Å². The van der Waals surface area contributed by atoms with Crippen LogP contribution < -0.4 is 14.9 Å². The first-order valence-corrected chi connectivity index (χ1v) is 8.07. The van der Waals surface area contributed by atoms with Gasteiger partial charge < -0.3 is 10.2 Å². The lowest BCUT2D eigenvalue weighted by atomic mass is 10.1. The van der Waals surface area contributed by atoms with Gasteiger partial charge in [0, 0.05) is 26.7 Å². The molecule has 0 unspecified atom stereocenters. The molecule has 1 aliphatic heterocycles.